The van der Waals surface area contributed by atoms with Gasteiger partial charge in [-0.2, -0.15) is 13.2 Å². The van der Waals surface area contributed by atoms with Crippen molar-refractivity contribution in [3.8, 4) is 22.6 Å². The summed E-state index contributed by atoms with van der Waals surface area (Å²) >= 11 is 1.40. The second kappa shape index (κ2) is 13.6. The van der Waals surface area contributed by atoms with Crippen LogP contribution in [-0.4, -0.2) is 48.3 Å². The predicted molar refractivity (Wildman–Crippen MR) is 183 cm³/mol. The fourth-order valence-electron chi connectivity index (χ4n) is 5.98. The van der Waals surface area contributed by atoms with E-state index < -0.39 is 26.5 Å². The van der Waals surface area contributed by atoms with E-state index in [1.54, 1.807) is 63.4 Å². The summed E-state index contributed by atoms with van der Waals surface area (Å²) in [6.45, 7) is 5.29. The number of nitrogens with one attached hydrogen (secondary N) is 2. The summed E-state index contributed by atoms with van der Waals surface area (Å²) in [5.74, 6) is 0.488. The third-order valence-corrected chi connectivity index (χ3v) is 11.9. The maximum atomic E-state index is 14.0. The molecule has 0 saturated carbocycles. The molecule has 0 radical (unpaired) electrons. The molecule has 10 nitrogen and oxygen atoms in total. The topological polar surface area (TPSA) is 131 Å². The molecule has 0 aliphatic carbocycles. The number of sulfonamides is 1. The van der Waals surface area contributed by atoms with Gasteiger partial charge in [-0.25, -0.2) is 18.1 Å². The number of thioether (sulfide) groups is 1. The quantitative estimate of drug-likeness (QED) is 0.152. The summed E-state index contributed by atoms with van der Waals surface area (Å²) in [6, 6.07) is 16.6. The molecule has 15 heteroatoms. The molecule has 0 spiro atoms. The van der Waals surface area contributed by atoms with Gasteiger partial charge in [0, 0.05) is 48.6 Å². The fraction of sp³-hybridized carbons (Fsp3) is 0.286. The van der Waals surface area contributed by atoms with E-state index in [1.165, 1.54) is 41.3 Å². The van der Waals surface area contributed by atoms with Gasteiger partial charge >= 0.3 is 6.18 Å². The first kappa shape index (κ1) is 35.2. The highest BCUT2D eigenvalue weighted by Gasteiger charge is 2.46. The summed E-state index contributed by atoms with van der Waals surface area (Å²) in [4.78, 5) is 19.8. The van der Waals surface area contributed by atoms with E-state index in [-0.39, 0.29) is 35.7 Å². The van der Waals surface area contributed by atoms with Gasteiger partial charge in [-0.3, -0.25) is 4.79 Å². The molecule has 2 aromatic heterocycles. The number of oxazole rings is 1. The van der Waals surface area contributed by atoms with Crippen LogP contribution < -0.4 is 10.0 Å². The lowest BCUT2D eigenvalue weighted by molar-refractivity contribution is -0.137. The van der Waals surface area contributed by atoms with Crippen LogP contribution in [0.1, 0.15) is 41.3 Å². The molecule has 50 heavy (non-hydrogen) atoms. The minimum atomic E-state index is -4.53. The average Bonchev–Trinajstić information content (AvgIpc) is 3.83. The SMILES string of the molecule is Cc1noc(NS(=O)(=O)c2ccccc2-c2ccc(-c3ncco3)cc2CN(C)C(=O)CC2(c3cccc(C(F)(F)F)c3)SCNC2C)c1C. The standard InChI is InChI=1S/C35H34F3N5O5S2/c1-21-22(2)41-48-32(21)42-50(45,46)30-11-6-5-10-29(30)28-13-12-24(33-39-14-15-47-33)16-25(28)19-43(4)31(44)18-34(23(3)40-20-49-34)26-8-7-9-27(17-26)35(36,37)38/h5-17,23,40,42H,18-20H2,1-4H3. The van der Waals surface area contributed by atoms with E-state index in [0.717, 1.165) is 12.1 Å². The molecule has 2 atom stereocenters. The van der Waals surface area contributed by atoms with Gasteiger partial charge in [0.05, 0.1) is 27.1 Å². The smallest absolute Gasteiger partial charge is 0.416 e. The van der Waals surface area contributed by atoms with Crippen LogP contribution in [0.5, 0.6) is 0 Å². The Morgan fingerprint density at radius 2 is 1.88 bits per heavy atom. The first-order valence-corrected chi connectivity index (χ1v) is 18.0. The Morgan fingerprint density at radius 1 is 1.10 bits per heavy atom. The lowest BCUT2D eigenvalue weighted by Crippen LogP contribution is -2.41. The Labute approximate surface area is 291 Å². The van der Waals surface area contributed by atoms with Crippen molar-refractivity contribution in [1.82, 2.24) is 20.4 Å². The minimum Gasteiger partial charge on any atom is -0.445 e. The number of aryl methyl sites for hydroxylation is 1. The van der Waals surface area contributed by atoms with Crippen LogP contribution in [0, 0.1) is 13.8 Å². The van der Waals surface area contributed by atoms with Gasteiger partial charge in [-0.05, 0) is 61.7 Å². The van der Waals surface area contributed by atoms with Crippen molar-refractivity contribution in [3.63, 3.8) is 0 Å². The van der Waals surface area contributed by atoms with Gasteiger partial charge in [-0.15, -0.1) is 11.8 Å². The Morgan fingerprint density at radius 3 is 2.54 bits per heavy atom. The number of benzene rings is 3. The Kier molecular flexibility index (Phi) is 9.59. The molecule has 3 aromatic carbocycles. The molecule has 2 N–H and O–H groups in total. The monoisotopic (exact) mass is 725 g/mol. The number of anilines is 1. The second-order valence-electron chi connectivity index (χ2n) is 12.1. The van der Waals surface area contributed by atoms with Crippen molar-refractivity contribution in [3.05, 3.63) is 107 Å². The molecular weight excluding hydrogens is 692 g/mol. The highest BCUT2D eigenvalue weighted by molar-refractivity contribution is 8.00. The summed E-state index contributed by atoms with van der Waals surface area (Å²) < 4.78 is 80.9. The summed E-state index contributed by atoms with van der Waals surface area (Å²) in [5, 5.41) is 7.12. The van der Waals surface area contributed by atoms with Crippen molar-refractivity contribution in [2.75, 3.05) is 17.6 Å². The van der Waals surface area contributed by atoms with Crippen LogP contribution in [0.15, 0.2) is 93.0 Å². The Hall–Kier alpha value is -4.60. The van der Waals surface area contributed by atoms with Crippen LogP contribution in [0.2, 0.25) is 0 Å². The maximum absolute atomic E-state index is 14.0. The first-order valence-electron chi connectivity index (χ1n) is 15.6. The third kappa shape index (κ3) is 6.89. The van der Waals surface area contributed by atoms with E-state index in [2.05, 4.69) is 20.2 Å². The number of halogens is 3. The highest BCUT2D eigenvalue weighted by Crippen LogP contribution is 2.48. The number of amides is 1. The largest absolute Gasteiger partial charge is 0.445 e. The van der Waals surface area contributed by atoms with Crippen molar-refractivity contribution < 1.29 is 35.3 Å². The molecule has 5 aromatic rings. The van der Waals surface area contributed by atoms with Gasteiger partial charge in [0.25, 0.3) is 10.0 Å². The number of aromatic nitrogens is 2. The van der Waals surface area contributed by atoms with E-state index in [9.17, 15) is 26.4 Å². The zero-order valence-corrected chi connectivity index (χ0v) is 29.2. The lowest BCUT2D eigenvalue weighted by Gasteiger charge is -2.34. The van der Waals surface area contributed by atoms with Crippen molar-refractivity contribution in [1.29, 1.82) is 0 Å². The molecule has 2 unspecified atom stereocenters. The Balaban J connectivity index is 1.36. The minimum absolute atomic E-state index is 0.00491. The van der Waals surface area contributed by atoms with Crippen molar-refractivity contribution >= 4 is 33.6 Å². The normalized spacial score (nSPS) is 17.9. The number of hydrogen-bond acceptors (Lipinski definition) is 9. The highest BCUT2D eigenvalue weighted by atomic mass is 32.2. The fourth-order valence-corrected chi connectivity index (χ4v) is 8.70. The number of hydrogen-bond donors (Lipinski definition) is 2. The van der Waals surface area contributed by atoms with Gasteiger partial charge in [0.15, 0.2) is 0 Å². The van der Waals surface area contributed by atoms with Crippen LogP contribution in [0.4, 0.5) is 19.1 Å². The van der Waals surface area contributed by atoms with Crippen LogP contribution >= 0.6 is 11.8 Å². The van der Waals surface area contributed by atoms with Crippen LogP contribution in [-0.2, 0) is 32.3 Å². The van der Waals surface area contributed by atoms with Crippen molar-refractivity contribution in [2.24, 2.45) is 0 Å². The molecule has 1 aliphatic heterocycles. The maximum Gasteiger partial charge on any atom is 0.416 e. The molecule has 1 saturated heterocycles. The number of carbonyl (C=O) groups excluding carboxylic acids is 1. The van der Waals surface area contributed by atoms with Crippen LogP contribution in [0.3, 0.4) is 0 Å². The molecule has 3 heterocycles. The third-order valence-electron chi connectivity index (χ3n) is 8.98. The van der Waals surface area contributed by atoms with Gasteiger partial charge < -0.3 is 19.2 Å². The predicted octanol–water partition coefficient (Wildman–Crippen LogP) is 7.36. The number of rotatable bonds is 10. The summed E-state index contributed by atoms with van der Waals surface area (Å²) in [7, 11) is -2.56. The Bertz CT molecular complexity index is 2140. The number of alkyl halides is 3. The molecule has 0 bridgehead atoms. The first-order chi connectivity index (χ1) is 23.7. The molecule has 6 rings (SSSR count). The van der Waals surface area contributed by atoms with Crippen molar-refractivity contribution in [2.45, 2.75) is 55.6 Å². The molecule has 1 aliphatic rings. The van der Waals surface area contributed by atoms with E-state index in [4.69, 9.17) is 8.94 Å². The van der Waals surface area contributed by atoms with Gasteiger partial charge in [-0.1, -0.05) is 47.6 Å². The molecule has 1 fully saturated rings. The lowest BCUT2D eigenvalue weighted by atomic mass is 9.86. The molecule has 262 valence electrons. The summed E-state index contributed by atoms with van der Waals surface area (Å²) in [5.41, 5.74) is 2.82. The second-order valence-corrected chi connectivity index (χ2v) is 15.1. The van der Waals surface area contributed by atoms with E-state index >= 15 is 0 Å². The van der Waals surface area contributed by atoms with Gasteiger partial charge in [0.1, 0.15) is 6.26 Å². The summed E-state index contributed by atoms with van der Waals surface area (Å²) in [6.07, 6.45) is -1.68. The zero-order valence-electron chi connectivity index (χ0n) is 27.5. The number of carbonyl (C=O) groups is 1. The van der Waals surface area contributed by atoms with E-state index in [1.807, 2.05) is 6.92 Å². The molecular formula is C35H34F3N5O5S2. The molecule has 1 amide bonds. The number of nitrogens with zero attached hydrogens (tertiary/aromatic N) is 3. The average molecular weight is 726 g/mol. The van der Waals surface area contributed by atoms with E-state index in [0.29, 0.717) is 50.8 Å². The zero-order chi connectivity index (χ0) is 35.8. The van der Waals surface area contributed by atoms with Crippen LogP contribution in [0.25, 0.3) is 22.6 Å². The van der Waals surface area contributed by atoms with Gasteiger partial charge in [0.2, 0.25) is 17.7 Å².